The molecule has 1 aromatic carbocycles. The molecule has 2 heterocycles. The molecule has 3 rings (SSSR count). The highest BCUT2D eigenvalue weighted by Gasteiger charge is 2.35. The molecule has 0 radical (unpaired) electrons. The predicted octanol–water partition coefficient (Wildman–Crippen LogP) is 0.600. The molecule has 0 aromatic heterocycles. The number of hydrogen-bond acceptors (Lipinski definition) is 5. The van der Waals surface area contributed by atoms with Crippen LogP contribution in [-0.4, -0.2) is 17.8 Å². The van der Waals surface area contributed by atoms with E-state index in [4.69, 9.17) is 27.0 Å². The second-order valence-corrected chi connectivity index (χ2v) is 4.57. The Balaban J connectivity index is 1.97. The van der Waals surface area contributed by atoms with Crippen LogP contribution in [0.15, 0.2) is 18.2 Å². The lowest BCUT2D eigenvalue weighted by atomic mass is 9.92. The fraction of sp³-hybridized carbons (Fsp3) is 0.250. The lowest BCUT2D eigenvalue weighted by molar-refractivity contribution is -0.123. The van der Waals surface area contributed by atoms with E-state index in [9.17, 15) is 4.79 Å². The molecule has 2 aliphatic heterocycles. The Morgan fingerprint density at radius 1 is 1.37 bits per heavy atom. The van der Waals surface area contributed by atoms with Gasteiger partial charge < -0.3 is 20.1 Å². The number of carbonyl (C=O) groups is 1. The molecule has 7 heteroatoms. The molecule has 0 saturated carbocycles. The van der Waals surface area contributed by atoms with E-state index in [1.165, 1.54) is 0 Å². The number of ether oxygens (including phenoxy) is 2. The van der Waals surface area contributed by atoms with Crippen LogP contribution in [0.4, 0.5) is 0 Å². The van der Waals surface area contributed by atoms with Crippen molar-refractivity contribution in [3.63, 3.8) is 0 Å². The van der Waals surface area contributed by atoms with Crippen molar-refractivity contribution in [2.45, 2.75) is 6.04 Å². The highest BCUT2D eigenvalue weighted by atomic mass is 32.1. The molecule has 0 unspecified atom stereocenters. The van der Waals surface area contributed by atoms with Gasteiger partial charge in [-0.3, -0.25) is 4.79 Å². The largest absolute Gasteiger partial charge is 0.454 e. The zero-order valence-corrected chi connectivity index (χ0v) is 10.5. The molecular formula is C12H9N3O3S. The summed E-state index contributed by atoms with van der Waals surface area (Å²) in [5, 5.41) is 14.7. The van der Waals surface area contributed by atoms with Gasteiger partial charge in [0.2, 0.25) is 12.7 Å². The monoisotopic (exact) mass is 275 g/mol. The summed E-state index contributed by atoms with van der Waals surface area (Å²) in [6.07, 6.45) is 0. The van der Waals surface area contributed by atoms with E-state index in [0.29, 0.717) is 11.5 Å². The van der Waals surface area contributed by atoms with Gasteiger partial charge in [-0.2, -0.15) is 5.26 Å². The summed E-state index contributed by atoms with van der Waals surface area (Å²) in [6, 6.07) is 6.80. The Morgan fingerprint density at radius 3 is 2.95 bits per heavy atom. The van der Waals surface area contributed by atoms with Crippen LogP contribution in [0.25, 0.3) is 0 Å². The molecule has 19 heavy (non-hydrogen) atoms. The summed E-state index contributed by atoms with van der Waals surface area (Å²) in [5.41, 5.74) is 0.757. The number of carbonyl (C=O) groups excluding carboxylic acids is 1. The van der Waals surface area contributed by atoms with E-state index in [0.717, 1.165) is 5.56 Å². The number of nitrogens with zero attached hydrogens (tertiary/aromatic N) is 1. The first-order chi connectivity index (χ1) is 9.19. The molecular weight excluding hydrogens is 266 g/mol. The number of hydrogen-bond donors (Lipinski definition) is 2. The lowest BCUT2D eigenvalue weighted by Crippen LogP contribution is -2.53. The van der Waals surface area contributed by atoms with Gasteiger partial charge in [-0.15, -0.1) is 0 Å². The molecule has 2 N–H and O–H groups in total. The van der Waals surface area contributed by atoms with Crippen molar-refractivity contribution in [2.75, 3.05) is 6.79 Å². The Bertz CT molecular complexity index is 611. The Labute approximate surface area is 114 Å². The summed E-state index contributed by atoms with van der Waals surface area (Å²) >= 11 is 4.95. The molecule has 2 aliphatic rings. The maximum atomic E-state index is 11.7. The Kier molecular flexibility index (Phi) is 2.72. The van der Waals surface area contributed by atoms with E-state index in [2.05, 4.69) is 10.6 Å². The zero-order chi connectivity index (χ0) is 13.4. The molecule has 0 bridgehead atoms. The van der Waals surface area contributed by atoms with E-state index in [-0.39, 0.29) is 11.9 Å². The van der Waals surface area contributed by atoms with Gasteiger partial charge in [-0.05, 0) is 29.9 Å². The van der Waals surface area contributed by atoms with Crippen LogP contribution in [-0.2, 0) is 4.79 Å². The Morgan fingerprint density at radius 2 is 2.16 bits per heavy atom. The quantitative estimate of drug-likeness (QED) is 0.730. The number of nitrogens with one attached hydrogen (secondary N) is 2. The van der Waals surface area contributed by atoms with Gasteiger partial charge >= 0.3 is 0 Å². The molecule has 6 nitrogen and oxygen atoms in total. The van der Waals surface area contributed by atoms with Crippen molar-refractivity contribution in [2.24, 2.45) is 5.92 Å². The van der Waals surface area contributed by atoms with Gasteiger partial charge in [-0.1, -0.05) is 6.07 Å². The Hall–Kier alpha value is -2.33. The van der Waals surface area contributed by atoms with Crippen LogP contribution in [0.5, 0.6) is 11.5 Å². The number of benzene rings is 1. The zero-order valence-electron chi connectivity index (χ0n) is 9.67. The highest BCUT2D eigenvalue weighted by Crippen LogP contribution is 2.36. The van der Waals surface area contributed by atoms with Gasteiger partial charge in [-0.25, -0.2) is 0 Å². The second kappa shape index (κ2) is 4.40. The average Bonchev–Trinajstić information content (AvgIpc) is 2.85. The number of nitriles is 1. The third-order valence-electron chi connectivity index (χ3n) is 3.03. The molecule has 1 aromatic rings. The third kappa shape index (κ3) is 1.96. The molecule has 2 atom stereocenters. The maximum absolute atomic E-state index is 11.7. The van der Waals surface area contributed by atoms with Crippen molar-refractivity contribution in [1.29, 1.82) is 5.26 Å². The molecule has 1 amide bonds. The third-order valence-corrected chi connectivity index (χ3v) is 3.25. The topological polar surface area (TPSA) is 83.4 Å². The molecule has 0 spiro atoms. The van der Waals surface area contributed by atoms with Gasteiger partial charge in [0.05, 0.1) is 12.1 Å². The van der Waals surface area contributed by atoms with Crippen molar-refractivity contribution in [3.8, 4) is 17.6 Å². The van der Waals surface area contributed by atoms with Crippen LogP contribution < -0.4 is 20.1 Å². The molecule has 96 valence electrons. The van der Waals surface area contributed by atoms with Crippen LogP contribution in [0.1, 0.15) is 11.6 Å². The average molecular weight is 275 g/mol. The highest BCUT2D eigenvalue weighted by molar-refractivity contribution is 7.80. The number of rotatable bonds is 1. The second-order valence-electron chi connectivity index (χ2n) is 4.16. The number of fused-ring (bicyclic) bond motifs is 1. The number of thiocarbonyl (C=S) groups is 1. The minimum absolute atomic E-state index is 0.178. The minimum Gasteiger partial charge on any atom is -0.454 e. The standard InChI is InChI=1S/C12H9N3O3S/c13-4-7-10(14-12(19)15-11(7)16)6-1-2-8-9(3-6)18-5-17-8/h1-3,7,10H,5H2,(H2,14,15,16,19)/t7-,10+/m1/s1. The van der Waals surface area contributed by atoms with E-state index < -0.39 is 17.9 Å². The first-order valence-corrected chi connectivity index (χ1v) is 6.00. The first kappa shape index (κ1) is 11.7. The van der Waals surface area contributed by atoms with E-state index in [1.807, 2.05) is 6.07 Å². The van der Waals surface area contributed by atoms with Crippen molar-refractivity contribution in [3.05, 3.63) is 23.8 Å². The minimum atomic E-state index is -0.841. The molecule has 1 fully saturated rings. The predicted molar refractivity (Wildman–Crippen MR) is 68.3 cm³/mol. The summed E-state index contributed by atoms with van der Waals surface area (Å²) in [7, 11) is 0. The van der Waals surface area contributed by atoms with Gasteiger partial charge in [0.1, 0.15) is 5.92 Å². The van der Waals surface area contributed by atoms with Crippen molar-refractivity contribution >= 4 is 23.2 Å². The van der Waals surface area contributed by atoms with Crippen LogP contribution >= 0.6 is 12.2 Å². The van der Waals surface area contributed by atoms with Gasteiger partial charge in [0.25, 0.3) is 0 Å². The summed E-state index contributed by atoms with van der Waals surface area (Å²) in [4.78, 5) is 11.7. The summed E-state index contributed by atoms with van der Waals surface area (Å²) < 4.78 is 10.5. The van der Waals surface area contributed by atoms with Crippen LogP contribution in [0.3, 0.4) is 0 Å². The fourth-order valence-electron chi connectivity index (χ4n) is 2.12. The number of amides is 1. The molecule has 1 saturated heterocycles. The fourth-order valence-corrected chi connectivity index (χ4v) is 2.34. The normalized spacial score (nSPS) is 24.4. The van der Waals surface area contributed by atoms with E-state index >= 15 is 0 Å². The maximum Gasteiger partial charge on any atom is 0.245 e. The summed E-state index contributed by atoms with van der Waals surface area (Å²) in [5.74, 6) is 0.0222. The van der Waals surface area contributed by atoms with Crippen LogP contribution in [0.2, 0.25) is 0 Å². The molecule has 0 aliphatic carbocycles. The lowest BCUT2D eigenvalue weighted by Gasteiger charge is -2.29. The van der Waals surface area contributed by atoms with Crippen molar-refractivity contribution < 1.29 is 14.3 Å². The SMILES string of the molecule is N#C[C@H]1C(=O)NC(=S)N[C@H]1c1ccc2c(c1)OCO2. The first-order valence-electron chi connectivity index (χ1n) is 5.59. The smallest absolute Gasteiger partial charge is 0.245 e. The van der Waals surface area contributed by atoms with Crippen molar-refractivity contribution in [1.82, 2.24) is 10.6 Å². The van der Waals surface area contributed by atoms with Gasteiger partial charge in [0, 0.05) is 0 Å². The van der Waals surface area contributed by atoms with Gasteiger partial charge in [0.15, 0.2) is 16.6 Å². The van der Waals surface area contributed by atoms with Crippen LogP contribution in [0, 0.1) is 17.2 Å². The summed E-state index contributed by atoms with van der Waals surface area (Å²) in [6.45, 7) is 0.178. The van der Waals surface area contributed by atoms with E-state index in [1.54, 1.807) is 18.2 Å².